The maximum atomic E-state index is 10.2. The van der Waals surface area contributed by atoms with Crippen LogP contribution in [0.1, 0.15) is 6.92 Å². The number of aromatic nitrogens is 1. The van der Waals surface area contributed by atoms with Crippen molar-refractivity contribution in [3.63, 3.8) is 0 Å². The molecule has 0 N–H and O–H groups in total. The summed E-state index contributed by atoms with van der Waals surface area (Å²) in [6.07, 6.45) is 0. The molecule has 0 radical (unpaired) electrons. The fraction of sp³-hybridized carbons (Fsp3) is 0.286. The van der Waals surface area contributed by atoms with E-state index in [-0.39, 0.29) is 11.7 Å². The Morgan fingerprint density at radius 1 is 1.67 bits per heavy atom. The molecule has 5 nitrogen and oxygen atoms in total. The molecule has 0 aromatic carbocycles. The van der Waals surface area contributed by atoms with Crippen molar-refractivity contribution in [2.75, 3.05) is 6.61 Å². The van der Waals surface area contributed by atoms with Gasteiger partial charge in [0, 0.05) is 17.1 Å². The molecular formula is C7H8N2O3. The molecule has 0 saturated carbocycles. The minimum absolute atomic E-state index is 0.194. The molecular weight excluding hydrogens is 160 g/mol. The molecule has 0 amide bonds. The number of hydrogen-bond donors (Lipinski definition) is 0. The number of nitro groups is 1. The maximum Gasteiger partial charge on any atom is 0.367 e. The maximum absolute atomic E-state index is 10.2. The third-order valence-electron chi connectivity index (χ3n) is 1.19. The molecule has 1 rings (SSSR count). The van der Waals surface area contributed by atoms with Gasteiger partial charge < -0.3 is 14.9 Å². The summed E-state index contributed by atoms with van der Waals surface area (Å²) in [5.74, 6) is 0.0904. The first-order valence-electron chi connectivity index (χ1n) is 3.48. The number of ether oxygens (including phenoxy) is 1. The van der Waals surface area contributed by atoms with E-state index in [4.69, 9.17) is 4.74 Å². The Balaban J connectivity index is 2.88. The molecule has 0 aliphatic heterocycles. The second kappa shape index (κ2) is 3.66. The Kier molecular flexibility index (Phi) is 2.57. The van der Waals surface area contributed by atoms with Gasteiger partial charge in [0.05, 0.1) is 6.61 Å². The summed E-state index contributed by atoms with van der Waals surface area (Å²) in [5.41, 5.74) is 0. The standard InChI is InChI=1S/C7H8N2O3/c1-2-12-7-5-3-4-6(8-7)9(10)11/h3-5H,2H2,1H3. The summed E-state index contributed by atoms with van der Waals surface area (Å²) in [6.45, 7) is 2.24. The zero-order valence-corrected chi connectivity index (χ0v) is 6.56. The SMILES string of the molecule is CCOc1cccc([N+](=O)[O-])n1. The van der Waals surface area contributed by atoms with Crippen LogP contribution >= 0.6 is 0 Å². The monoisotopic (exact) mass is 168 g/mol. The van der Waals surface area contributed by atoms with Gasteiger partial charge in [0.15, 0.2) is 0 Å². The lowest BCUT2D eigenvalue weighted by molar-refractivity contribution is -0.389. The Bertz CT molecular complexity index is 288. The van der Waals surface area contributed by atoms with E-state index in [1.54, 1.807) is 13.0 Å². The number of pyridine rings is 1. The smallest absolute Gasteiger partial charge is 0.367 e. The zero-order chi connectivity index (χ0) is 8.97. The van der Waals surface area contributed by atoms with Gasteiger partial charge >= 0.3 is 11.7 Å². The van der Waals surface area contributed by atoms with Crippen LogP contribution in [0.3, 0.4) is 0 Å². The first-order chi connectivity index (χ1) is 5.74. The predicted octanol–water partition coefficient (Wildman–Crippen LogP) is 1.39. The average Bonchev–Trinajstić information content (AvgIpc) is 2.05. The highest BCUT2D eigenvalue weighted by Crippen LogP contribution is 2.12. The summed E-state index contributed by atoms with van der Waals surface area (Å²) >= 11 is 0. The fourth-order valence-electron chi connectivity index (χ4n) is 0.734. The van der Waals surface area contributed by atoms with Gasteiger partial charge in [-0.15, -0.1) is 0 Å². The quantitative estimate of drug-likeness (QED) is 0.505. The topological polar surface area (TPSA) is 65.3 Å². The van der Waals surface area contributed by atoms with E-state index in [0.717, 1.165) is 0 Å². The lowest BCUT2D eigenvalue weighted by atomic mass is 10.4. The van der Waals surface area contributed by atoms with Gasteiger partial charge in [0.2, 0.25) is 0 Å². The van der Waals surface area contributed by atoms with Crippen LogP contribution in [-0.2, 0) is 0 Å². The van der Waals surface area contributed by atoms with Crippen molar-refractivity contribution in [3.8, 4) is 5.88 Å². The Morgan fingerprint density at radius 3 is 3.00 bits per heavy atom. The van der Waals surface area contributed by atoms with E-state index in [1.165, 1.54) is 12.1 Å². The average molecular weight is 168 g/mol. The molecule has 5 heteroatoms. The lowest BCUT2D eigenvalue weighted by Crippen LogP contribution is -1.97. The van der Waals surface area contributed by atoms with Crippen molar-refractivity contribution in [2.45, 2.75) is 6.92 Å². The van der Waals surface area contributed by atoms with Crippen molar-refractivity contribution in [1.82, 2.24) is 4.98 Å². The van der Waals surface area contributed by atoms with E-state index in [1.807, 2.05) is 0 Å². The molecule has 0 spiro atoms. The van der Waals surface area contributed by atoms with E-state index >= 15 is 0 Å². The predicted molar refractivity (Wildman–Crippen MR) is 42.1 cm³/mol. The van der Waals surface area contributed by atoms with Crippen molar-refractivity contribution in [3.05, 3.63) is 28.3 Å². The van der Waals surface area contributed by atoms with Crippen molar-refractivity contribution < 1.29 is 9.66 Å². The first-order valence-corrected chi connectivity index (χ1v) is 3.48. The summed E-state index contributed by atoms with van der Waals surface area (Å²) in [6, 6.07) is 4.44. The van der Waals surface area contributed by atoms with Gasteiger partial charge in [-0.2, -0.15) is 0 Å². The van der Waals surface area contributed by atoms with Crippen molar-refractivity contribution in [2.24, 2.45) is 0 Å². The number of nitrogens with zero attached hydrogens (tertiary/aromatic N) is 2. The number of rotatable bonds is 3. The van der Waals surface area contributed by atoms with Gasteiger partial charge in [-0.1, -0.05) is 0 Å². The van der Waals surface area contributed by atoms with Crippen molar-refractivity contribution >= 4 is 5.82 Å². The summed E-state index contributed by atoms with van der Waals surface area (Å²) in [5, 5.41) is 10.2. The van der Waals surface area contributed by atoms with Crippen LogP contribution in [0, 0.1) is 10.1 Å². The van der Waals surface area contributed by atoms with Gasteiger partial charge in [0.1, 0.15) is 0 Å². The Labute approximate surface area is 69.1 Å². The van der Waals surface area contributed by atoms with Crippen LogP contribution in [0.2, 0.25) is 0 Å². The Hall–Kier alpha value is -1.65. The molecule has 1 aromatic heterocycles. The normalized spacial score (nSPS) is 9.42. The van der Waals surface area contributed by atoms with Gasteiger partial charge in [0.25, 0.3) is 0 Å². The fourth-order valence-corrected chi connectivity index (χ4v) is 0.734. The third-order valence-corrected chi connectivity index (χ3v) is 1.19. The van der Waals surface area contributed by atoms with Crippen LogP contribution in [0.25, 0.3) is 0 Å². The molecule has 1 heterocycles. The molecule has 0 bridgehead atoms. The molecule has 12 heavy (non-hydrogen) atoms. The van der Waals surface area contributed by atoms with Crippen molar-refractivity contribution in [1.29, 1.82) is 0 Å². The lowest BCUT2D eigenvalue weighted by Gasteiger charge is -1.96. The van der Waals surface area contributed by atoms with E-state index in [9.17, 15) is 10.1 Å². The summed E-state index contributed by atoms with van der Waals surface area (Å²) in [7, 11) is 0. The molecule has 0 aliphatic rings. The van der Waals surface area contributed by atoms with Gasteiger partial charge in [-0.25, -0.2) is 0 Å². The van der Waals surface area contributed by atoms with E-state index < -0.39 is 4.92 Å². The number of hydrogen-bond acceptors (Lipinski definition) is 4. The van der Waals surface area contributed by atoms with Crippen LogP contribution in [0.15, 0.2) is 18.2 Å². The zero-order valence-electron chi connectivity index (χ0n) is 6.56. The molecule has 0 atom stereocenters. The molecule has 1 aromatic rings. The van der Waals surface area contributed by atoms with Gasteiger partial charge in [-0.05, 0) is 17.9 Å². The van der Waals surface area contributed by atoms with Crippen LogP contribution in [0.5, 0.6) is 5.88 Å². The first kappa shape index (κ1) is 8.45. The highest BCUT2D eigenvalue weighted by molar-refractivity contribution is 5.24. The van der Waals surface area contributed by atoms with Crippen LogP contribution < -0.4 is 4.74 Å². The third kappa shape index (κ3) is 1.91. The van der Waals surface area contributed by atoms with E-state index in [0.29, 0.717) is 6.61 Å². The van der Waals surface area contributed by atoms with Gasteiger partial charge in [-0.3, -0.25) is 0 Å². The summed E-state index contributed by atoms with van der Waals surface area (Å²) < 4.78 is 4.98. The molecule has 0 fully saturated rings. The largest absolute Gasteiger partial charge is 0.460 e. The minimum atomic E-state index is -0.553. The van der Waals surface area contributed by atoms with E-state index in [2.05, 4.69) is 4.98 Å². The highest BCUT2D eigenvalue weighted by Gasteiger charge is 2.08. The second-order valence-electron chi connectivity index (χ2n) is 2.02. The molecule has 0 aliphatic carbocycles. The van der Waals surface area contributed by atoms with Crippen LogP contribution in [-0.4, -0.2) is 16.5 Å². The minimum Gasteiger partial charge on any atom is -0.460 e. The summed E-state index contributed by atoms with van der Waals surface area (Å²) in [4.78, 5) is 13.3. The molecule has 0 saturated heterocycles. The molecule has 0 unspecified atom stereocenters. The Morgan fingerprint density at radius 2 is 2.42 bits per heavy atom. The van der Waals surface area contributed by atoms with Crippen LogP contribution in [0.4, 0.5) is 5.82 Å². The second-order valence-corrected chi connectivity index (χ2v) is 2.02. The highest BCUT2D eigenvalue weighted by atomic mass is 16.6. The molecule has 64 valence electrons.